The van der Waals surface area contributed by atoms with Crippen LogP contribution in [0.25, 0.3) is 38.5 Å². The van der Waals surface area contributed by atoms with Crippen LogP contribution in [0.1, 0.15) is 16.7 Å². The molecule has 3 aromatic heterocycles. The highest BCUT2D eigenvalue weighted by atomic mass is 16.5. The number of phenols is 1. The van der Waals surface area contributed by atoms with Gasteiger partial charge < -0.3 is 9.84 Å². The Morgan fingerprint density at radius 1 is 0.857 bits per heavy atom. The standard InChI is InChI=1S/C29H20N4O2/c1-17-3-7-22-23-8-6-21(14-25(23)33(24(22)11-17)27-9-4-18(2)16-31-27)35-28-10-5-20-12-19(15-30)13-26(34)29(20)32-28/h3-14,16,34H,1-2H3. The molecule has 0 aliphatic heterocycles. The first-order valence-electron chi connectivity index (χ1n) is 11.2. The molecule has 35 heavy (non-hydrogen) atoms. The molecule has 6 rings (SSSR count). The third-order valence-corrected chi connectivity index (χ3v) is 6.12. The number of hydrogen-bond acceptors (Lipinski definition) is 5. The second-order valence-electron chi connectivity index (χ2n) is 8.66. The molecular weight excluding hydrogens is 436 g/mol. The maximum Gasteiger partial charge on any atom is 0.219 e. The quantitative estimate of drug-likeness (QED) is 0.320. The van der Waals surface area contributed by atoms with Gasteiger partial charge in [-0.3, -0.25) is 4.57 Å². The molecule has 0 aliphatic carbocycles. The normalized spacial score (nSPS) is 11.2. The fourth-order valence-corrected chi connectivity index (χ4v) is 4.45. The molecule has 0 amide bonds. The molecule has 0 atom stereocenters. The Kier molecular flexibility index (Phi) is 4.65. The molecule has 6 heteroatoms. The summed E-state index contributed by atoms with van der Waals surface area (Å²) in [6, 6.07) is 25.1. The van der Waals surface area contributed by atoms with Crippen molar-refractivity contribution in [2.24, 2.45) is 0 Å². The number of ether oxygens (including phenoxy) is 1. The minimum atomic E-state index is -0.0547. The number of fused-ring (bicyclic) bond motifs is 4. The summed E-state index contributed by atoms with van der Waals surface area (Å²) in [5.74, 6) is 1.75. The molecule has 0 spiro atoms. The largest absolute Gasteiger partial charge is 0.506 e. The van der Waals surface area contributed by atoms with Gasteiger partial charge in [0.1, 0.15) is 22.8 Å². The van der Waals surface area contributed by atoms with E-state index in [1.54, 1.807) is 18.2 Å². The fourth-order valence-electron chi connectivity index (χ4n) is 4.45. The van der Waals surface area contributed by atoms with E-state index in [-0.39, 0.29) is 5.75 Å². The van der Waals surface area contributed by atoms with Crippen molar-refractivity contribution in [3.63, 3.8) is 0 Å². The van der Waals surface area contributed by atoms with Gasteiger partial charge in [0.2, 0.25) is 5.88 Å². The number of benzene rings is 3. The van der Waals surface area contributed by atoms with Gasteiger partial charge in [-0.2, -0.15) is 5.26 Å². The molecule has 0 radical (unpaired) electrons. The zero-order chi connectivity index (χ0) is 24.1. The number of nitriles is 1. The summed E-state index contributed by atoms with van der Waals surface area (Å²) in [7, 11) is 0. The Morgan fingerprint density at radius 3 is 2.40 bits per heavy atom. The average molecular weight is 457 g/mol. The van der Waals surface area contributed by atoms with E-state index in [1.165, 1.54) is 11.6 Å². The van der Waals surface area contributed by atoms with Crippen molar-refractivity contribution in [3.05, 3.63) is 95.7 Å². The van der Waals surface area contributed by atoms with Crippen LogP contribution < -0.4 is 4.74 Å². The lowest BCUT2D eigenvalue weighted by Crippen LogP contribution is -1.97. The van der Waals surface area contributed by atoms with Crippen molar-refractivity contribution in [3.8, 4) is 29.3 Å². The third kappa shape index (κ3) is 3.51. The van der Waals surface area contributed by atoms with Crippen molar-refractivity contribution >= 4 is 32.7 Å². The van der Waals surface area contributed by atoms with Gasteiger partial charge in [0, 0.05) is 34.5 Å². The Balaban J connectivity index is 1.50. The summed E-state index contributed by atoms with van der Waals surface area (Å²) >= 11 is 0. The van der Waals surface area contributed by atoms with Gasteiger partial charge in [-0.1, -0.05) is 18.2 Å². The summed E-state index contributed by atoms with van der Waals surface area (Å²) in [5, 5.41) is 22.4. The number of aryl methyl sites for hydroxylation is 2. The van der Waals surface area contributed by atoms with Crippen LogP contribution in [0.2, 0.25) is 0 Å². The second kappa shape index (κ2) is 7.86. The fraction of sp³-hybridized carbons (Fsp3) is 0.0690. The van der Waals surface area contributed by atoms with Gasteiger partial charge in [-0.05, 0) is 67.4 Å². The van der Waals surface area contributed by atoms with Crippen LogP contribution in [0.4, 0.5) is 0 Å². The van der Waals surface area contributed by atoms with Gasteiger partial charge in [-0.25, -0.2) is 9.97 Å². The molecule has 3 heterocycles. The minimum Gasteiger partial charge on any atom is -0.506 e. The molecular formula is C29H20N4O2. The van der Waals surface area contributed by atoms with E-state index in [4.69, 9.17) is 10.00 Å². The SMILES string of the molecule is Cc1ccc(-n2c3cc(C)ccc3c3ccc(Oc4ccc5cc(C#N)cc(O)c5n4)cc32)nc1. The number of nitrogens with zero attached hydrogens (tertiary/aromatic N) is 4. The Bertz CT molecular complexity index is 1810. The highest BCUT2D eigenvalue weighted by Gasteiger charge is 2.15. The lowest BCUT2D eigenvalue weighted by Gasteiger charge is -2.10. The van der Waals surface area contributed by atoms with Crippen LogP contribution in [0.15, 0.2) is 79.0 Å². The zero-order valence-corrected chi connectivity index (χ0v) is 19.1. The minimum absolute atomic E-state index is 0.0547. The molecule has 168 valence electrons. The smallest absolute Gasteiger partial charge is 0.219 e. The molecule has 6 nitrogen and oxygen atoms in total. The van der Waals surface area contributed by atoms with Crippen LogP contribution >= 0.6 is 0 Å². The summed E-state index contributed by atoms with van der Waals surface area (Å²) in [4.78, 5) is 9.15. The van der Waals surface area contributed by atoms with Crippen LogP contribution in [-0.4, -0.2) is 19.6 Å². The molecule has 0 aliphatic rings. The Morgan fingerprint density at radius 2 is 1.63 bits per heavy atom. The predicted octanol–water partition coefficient (Wildman–Crippen LogP) is 6.71. The van der Waals surface area contributed by atoms with Crippen LogP contribution in [0.3, 0.4) is 0 Å². The van der Waals surface area contributed by atoms with Crippen molar-refractivity contribution in [1.82, 2.24) is 14.5 Å². The van der Waals surface area contributed by atoms with Crippen molar-refractivity contribution in [2.45, 2.75) is 13.8 Å². The van der Waals surface area contributed by atoms with E-state index in [9.17, 15) is 5.11 Å². The number of hydrogen-bond donors (Lipinski definition) is 1. The first-order chi connectivity index (χ1) is 17.0. The summed E-state index contributed by atoms with van der Waals surface area (Å²) in [5.41, 5.74) is 5.09. The van der Waals surface area contributed by atoms with Crippen molar-refractivity contribution in [1.29, 1.82) is 5.26 Å². The number of aromatic hydroxyl groups is 1. The van der Waals surface area contributed by atoms with E-state index >= 15 is 0 Å². The first kappa shape index (κ1) is 20.7. The van der Waals surface area contributed by atoms with E-state index in [0.717, 1.165) is 33.2 Å². The maximum atomic E-state index is 10.3. The summed E-state index contributed by atoms with van der Waals surface area (Å²) < 4.78 is 8.26. The molecule has 0 bridgehead atoms. The van der Waals surface area contributed by atoms with Gasteiger partial charge >= 0.3 is 0 Å². The first-order valence-corrected chi connectivity index (χ1v) is 11.2. The molecule has 1 N–H and O–H groups in total. The van der Waals surface area contributed by atoms with Gasteiger partial charge in [0.05, 0.1) is 22.7 Å². The molecule has 0 saturated carbocycles. The van der Waals surface area contributed by atoms with Crippen molar-refractivity contribution in [2.75, 3.05) is 0 Å². The van der Waals surface area contributed by atoms with E-state index in [1.807, 2.05) is 43.5 Å². The second-order valence-corrected chi connectivity index (χ2v) is 8.66. The van der Waals surface area contributed by atoms with Crippen molar-refractivity contribution < 1.29 is 9.84 Å². The summed E-state index contributed by atoms with van der Waals surface area (Å²) in [6.07, 6.45) is 1.87. The van der Waals surface area contributed by atoms with Gasteiger partial charge in [0.25, 0.3) is 0 Å². The molecule has 0 unspecified atom stereocenters. The van der Waals surface area contributed by atoms with Crippen LogP contribution in [0.5, 0.6) is 17.4 Å². The average Bonchev–Trinajstić information content (AvgIpc) is 3.17. The van der Waals surface area contributed by atoms with E-state index in [2.05, 4.69) is 45.7 Å². The monoisotopic (exact) mass is 456 g/mol. The summed E-state index contributed by atoms with van der Waals surface area (Å²) in [6.45, 7) is 4.10. The van der Waals surface area contributed by atoms with Crippen LogP contribution in [0, 0.1) is 25.2 Å². The molecule has 0 fully saturated rings. The Hall–Kier alpha value is -4.89. The van der Waals surface area contributed by atoms with Crippen LogP contribution in [-0.2, 0) is 0 Å². The maximum absolute atomic E-state index is 10.3. The predicted molar refractivity (Wildman–Crippen MR) is 136 cm³/mol. The number of phenolic OH excluding ortho intramolecular Hbond substituents is 1. The topological polar surface area (TPSA) is 84.0 Å². The lowest BCUT2D eigenvalue weighted by molar-refractivity contribution is 0.460. The highest BCUT2D eigenvalue weighted by Crippen LogP contribution is 2.36. The molecule has 3 aromatic carbocycles. The van der Waals surface area contributed by atoms with E-state index < -0.39 is 0 Å². The number of aromatic nitrogens is 3. The lowest BCUT2D eigenvalue weighted by atomic mass is 10.1. The third-order valence-electron chi connectivity index (χ3n) is 6.12. The highest BCUT2D eigenvalue weighted by molar-refractivity contribution is 6.09. The number of rotatable bonds is 3. The van der Waals surface area contributed by atoms with E-state index in [0.29, 0.717) is 28.1 Å². The number of pyridine rings is 2. The van der Waals surface area contributed by atoms with Gasteiger partial charge in [-0.15, -0.1) is 0 Å². The zero-order valence-electron chi connectivity index (χ0n) is 19.1. The Labute approximate surface area is 201 Å². The molecule has 0 saturated heterocycles. The molecule has 6 aromatic rings. The van der Waals surface area contributed by atoms with Gasteiger partial charge in [0.15, 0.2) is 0 Å².